The van der Waals surface area contributed by atoms with Crippen molar-refractivity contribution in [1.29, 1.82) is 0 Å². The van der Waals surface area contributed by atoms with E-state index < -0.39 is 0 Å². The van der Waals surface area contributed by atoms with Gasteiger partial charge >= 0.3 is 0 Å². The van der Waals surface area contributed by atoms with Gasteiger partial charge in [-0.2, -0.15) is 0 Å². The lowest BCUT2D eigenvalue weighted by molar-refractivity contribution is -0.687. The van der Waals surface area contributed by atoms with E-state index in [2.05, 4.69) is 40.5 Å². The average Bonchev–Trinajstić information content (AvgIpc) is 2.79. The number of hydrogen-bond donors (Lipinski definition) is 0. The topological polar surface area (TPSA) is 3.88 Å². The van der Waals surface area contributed by atoms with Crippen molar-refractivity contribution >= 4 is 33.0 Å². The minimum atomic E-state index is 0. The van der Waals surface area contributed by atoms with Gasteiger partial charge in [-0.05, 0) is 17.5 Å². The fourth-order valence-electron chi connectivity index (χ4n) is 1.88. The monoisotopic (exact) mass is 295 g/mol. The fraction of sp³-hybridized carbons (Fsp3) is 0.0714. The molecule has 1 aromatic carbocycles. The highest BCUT2D eigenvalue weighted by molar-refractivity contribution is 7.17. The molecule has 2 heterocycles. The van der Waals surface area contributed by atoms with Gasteiger partial charge in [-0.25, -0.2) is 4.57 Å². The molecule has 0 aliphatic rings. The summed E-state index contributed by atoms with van der Waals surface area (Å²) >= 11 is 7.93. The molecule has 3 aromatic rings. The van der Waals surface area contributed by atoms with Crippen molar-refractivity contribution in [3.8, 4) is 0 Å². The van der Waals surface area contributed by atoms with E-state index in [0.717, 1.165) is 17.1 Å². The van der Waals surface area contributed by atoms with E-state index in [1.165, 1.54) is 10.1 Å². The van der Waals surface area contributed by atoms with Crippen molar-refractivity contribution in [3.05, 3.63) is 64.8 Å². The smallest absolute Gasteiger partial charge is 0.177 e. The Kier molecular flexibility index (Phi) is 4.23. The van der Waals surface area contributed by atoms with Gasteiger partial charge in [-0.3, -0.25) is 0 Å². The van der Waals surface area contributed by atoms with Gasteiger partial charge in [-0.15, -0.1) is 11.3 Å². The van der Waals surface area contributed by atoms with Crippen LogP contribution < -0.4 is 17.0 Å². The largest absolute Gasteiger partial charge is 1.00 e. The highest BCUT2D eigenvalue weighted by Gasteiger charge is 2.07. The Morgan fingerprint density at radius 3 is 2.78 bits per heavy atom. The number of fused-ring (bicyclic) bond motifs is 1. The summed E-state index contributed by atoms with van der Waals surface area (Å²) < 4.78 is 3.48. The standard InChI is InChI=1S/C14H11ClNS.ClH/c15-13-4-2-1-3-11(13)9-16-7-5-14-12(10-16)6-8-17-14;/h1-8,10H,9H2;1H/q+1;/p-1. The summed E-state index contributed by atoms with van der Waals surface area (Å²) in [5.41, 5.74) is 1.15. The third-order valence-electron chi connectivity index (χ3n) is 2.76. The van der Waals surface area contributed by atoms with Gasteiger partial charge in [0, 0.05) is 16.3 Å². The summed E-state index contributed by atoms with van der Waals surface area (Å²) in [6, 6.07) is 12.3. The summed E-state index contributed by atoms with van der Waals surface area (Å²) in [6.07, 6.45) is 4.26. The van der Waals surface area contributed by atoms with Crippen LogP contribution in [0.3, 0.4) is 0 Å². The van der Waals surface area contributed by atoms with E-state index >= 15 is 0 Å². The molecule has 4 heteroatoms. The average molecular weight is 296 g/mol. The maximum atomic E-state index is 6.16. The highest BCUT2D eigenvalue weighted by Crippen LogP contribution is 2.18. The van der Waals surface area contributed by atoms with Gasteiger partial charge in [0.1, 0.15) is 0 Å². The van der Waals surface area contributed by atoms with Crippen molar-refractivity contribution in [1.82, 2.24) is 0 Å². The van der Waals surface area contributed by atoms with Crippen molar-refractivity contribution in [2.75, 3.05) is 0 Å². The van der Waals surface area contributed by atoms with Crippen LogP contribution in [0.25, 0.3) is 10.1 Å². The second-order valence-electron chi connectivity index (χ2n) is 3.95. The molecule has 0 saturated carbocycles. The molecule has 2 aromatic heterocycles. The minimum Gasteiger partial charge on any atom is -1.00 e. The lowest BCUT2D eigenvalue weighted by atomic mass is 10.2. The first kappa shape index (κ1) is 13.3. The maximum Gasteiger partial charge on any atom is 0.177 e. The molecule has 0 aliphatic carbocycles. The first-order valence-corrected chi connectivity index (χ1v) is 6.68. The number of thiophene rings is 1. The van der Waals surface area contributed by atoms with Crippen LogP contribution in [-0.4, -0.2) is 0 Å². The van der Waals surface area contributed by atoms with Crippen LogP contribution in [0.1, 0.15) is 5.56 Å². The lowest BCUT2D eigenvalue weighted by Gasteiger charge is -2.00. The zero-order valence-electron chi connectivity index (χ0n) is 9.51. The second kappa shape index (κ2) is 5.70. The predicted molar refractivity (Wildman–Crippen MR) is 72.6 cm³/mol. The van der Waals surface area contributed by atoms with Gasteiger partial charge in [0.2, 0.25) is 0 Å². The van der Waals surface area contributed by atoms with E-state index in [0.29, 0.717) is 0 Å². The zero-order valence-corrected chi connectivity index (χ0v) is 11.8. The van der Waals surface area contributed by atoms with Gasteiger partial charge in [0.25, 0.3) is 0 Å². The Hall–Kier alpha value is -1.09. The number of hydrogen-bond acceptors (Lipinski definition) is 1. The number of nitrogens with zero attached hydrogens (tertiary/aromatic N) is 1. The molecule has 1 nitrogen and oxygen atoms in total. The van der Waals surface area contributed by atoms with E-state index in [1.807, 2.05) is 18.2 Å². The molecule has 0 N–H and O–H groups in total. The molecule has 0 saturated heterocycles. The van der Waals surface area contributed by atoms with Gasteiger partial charge < -0.3 is 12.4 Å². The third kappa shape index (κ3) is 2.66. The number of halogens is 2. The van der Waals surface area contributed by atoms with Crippen molar-refractivity contribution in [2.45, 2.75) is 6.54 Å². The molecule has 0 bridgehead atoms. The van der Waals surface area contributed by atoms with E-state index in [-0.39, 0.29) is 12.4 Å². The molecule has 0 unspecified atom stereocenters. The van der Waals surface area contributed by atoms with Crippen LogP contribution in [-0.2, 0) is 6.54 Å². The quantitative estimate of drug-likeness (QED) is 0.619. The summed E-state index contributed by atoms with van der Waals surface area (Å²) in [7, 11) is 0. The lowest BCUT2D eigenvalue weighted by Crippen LogP contribution is -3.00. The molecule has 0 spiro atoms. The van der Waals surface area contributed by atoms with Gasteiger partial charge in [-0.1, -0.05) is 29.8 Å². The van der Waals surface area contributed by atoms with E-state index in [9.17, 15) is 0 Å². The summed E-state index contributed by atoms with van der Waals surface area (Å²) in [6.45, 7) is 0.811. The molecule has 3 rings (SSSR count). The zero-order chi connectivity index (χ0) is 11.7. The Labute approximate surface area is 121 Å². The van der Waals surface area contributed by atoms with Crippen molar-refractivity contribution < 1.29 is 17.0 Å². The van der Waals surface area contributed by atoms with Crippen molar-refractivity contribution in [3.63, 3.8) is 0 Å². The molecule has 0 aliphatic heterocycles. The van der Waals surface area contributed by atoms with Crippen LogP contribution in [0.15, 0.2) is 54.2 Å². The summed E-state index contributed by atoms with van der Waals surface area (Å²) in [5, 5.41) is 4.22. The second-order valence-corrected chi connectivity index (χ2v) is 5.30. The number of rotatable bonds is 2. The van der Waals surface area contributed by atoms with E-state index in [1.54, 1.807) is 11.3 Å². The number of aromatic nitrogens is 1. The van der Waals surface area contributed by atoms with Crippen LogP contribution >= 0.6 is 22.9 Å². The maximum absolute atomic E-state index is 6.16. The molecule has 18 heavy (non-hydrogen) atoms. The van der Waals surface area contributed by atoms with Crippen LogP contribution in [0.2, 0.25) is 5.02 Å². The molecule has 0 atom stereocenters. The van der Waals surface area contributed by atoms with E-state index in [4.69, 9.17) is 11.6 Å². The molecule has 0 radical (unpaired) electrons. The number of pyridine rings is 1. The molecular formula is C14H11Cl2NS. The summed E-state index contributed by atoms with van der Waals surface area (Å²) in [4.78, 5) is 0. The Morgan fingerprint density at radius 2 is 1.94 bits per heavy atom. The minimum absolute atomic E-state index is 0. The van der Waals surface area contributed by atoms with Gasteiger partial charge in [0.05, 0.1) is 10.4 Å². The van der Waals surface area contributed by atoms with Crippen LogP contribution in [0, 0.1) is 0 Å². The van der Waals surface area contributed by atoms with Crippen molar-refractivity contribution in [2.24, 2.45) is 0 Å². The van der Waals surface area contributed by atoms with Crippen LogP contribution in [0.5, 0.6) is 0 Å². The summed E-state index contributed by atoms with van der Waals surface area (Å²) in [5.74, 6) is 0. The Balaban J connectivity index is 0.00000120. The SMILES string of the molecule is Clc1ccccc1C[n+]1ccc2sccc2c1.[Cl-]. The Bertz CT molecular complexity index is 663. The third-order valence-corrected chi connectivity index (χ3v) is 4.03. The normalized spacial score (nSPS) is 10.3. The molecule has 0 fully saturated rings. The molecular weight excluding hydrogens is 285 g/mol. The van der Waals surface area contributed by atoms with Gasteiger partial charge in [0.15, 0.2) is 18.9 Å². The first-order chi connectivity index (χ1) is 8.33. The fourth-order valence-corrected chi connectivity index (χ4v) is 2.83. The number of benzene rings is 1. The van der Waals surface area contributed by atoms with Crippen LogP contribution in [0.4, 0.5) is 0 Å². The molecule has 92 valence electrons. The highest BCUT2D eigenvalue weighted by atomic mass is 35.5. The predicted octanol–water partition coefficient (Wildman–Crippen LogP) is 0.894. The Morgan fingerprint density at radius 1 is 1.11 bits per heavy atom. The molecule has 0 amide bonds. The first-order valence-electron chi connectivity index (χ1n) is 5.43.